The third-order valence-corrected chi connectivity index (χ3v) is 4.74. The second-order valence-corrected chi connectivity index (χ2v) is 6.87. The van der Waals surface area contributed by atoms with Crippen LogP contribution in [0.2, 0.25) is 0 Å². The number of aryl methyl sites for hydroxylation is 2. The van der Waals surface area contributed by atoms with Crippen molar-refractivity contribution < 1.29 is 23.5 Å². The van der Waals surface area contributed by atoms with Crippen molar-refractivity contribution in [3.8, 4) is 22.9 Å². The number of fused-ring (bicyclic) bond motifs is 1. The molecule has 0 aliphatic rings. The van der Waals surface area contributed by atoms with Crippen molar-refractivity contribution in [2.45, 2.75) is 26.4 Å². The van der Waals surface area contributed by atoms with E-state index in [2.05, 4.69) is 20.3 Å². The van der Waals surface area contributed by atoms with E-state index in [9.17, 15) is 18.4 Å². The van der Waals surface area contributed by atoms with Gasteiger partial charge in [0.05, 0.1) is 24.2 Å². The molecule has 0 aliphatic heterocycles. The maximum Gasteiger partial charge on any atom is 0.319 e. The standard InChI is InChI=1S/C19H17F2N7O3/c1-9-6-14(28(26-9)5-3-15(29)30)18-23-17(24-25-18)12-7-10(16(22)31)8-13-11(12)2-4-27(13)19(20)21/h2,4,6-8,19H,3,5H2,1H3,(H2,22,31)(H,29,30)(H,23,24,25). The molecule has 0 atom stereocenters. The number of hydrogen-bond donors (Lipinski definition) is 3. The van der Waals surface area contributed by atoms with Crippen LogP contribution in [0, 0.1) is 6.92 Å². The minimum atomic E-state index is -2.80. The Morgan fingerprint density at radius 3 is 2.74 bits per heavy atom. The van der Waals surface area contributed by atoms with E-state index >= 15 is 0 Å². The maximum atomic E-state index is 13.4. The third-order valence-electron chi connectivity index (χ3n) is 4.74. The summed E-state index contributed by atoms with van der Waals surface area (Å²) >= 11 is 0. The Labute approximate surface area is 173 Å². The molecule has 31 heavy (non-hydrogen) atoms. The Kier molecular flexibility index (Phi) is 4.97. The summed E-state index contributed by atoms with van der Waals surface area (Å²) < 4.78 is 28.9. The molecular weight excluding hydrogens is 412 g/mol. The summed E-state index contributed by atoms with van der Waals surface area (Å²) in [6, 6.07) is 5.94. The van der Waals surface area contributed by atoms with E-state index in [4.69, 9.17) is 10.8 Å². The molecule has 0 unspecified atom stereocenters. The summed E-state index contributed by atoms with van der Waals surface area (Å²) in [7, 11) is 0. The Morgan fingerprint density at radius 2 is 2.06 bits per heavy atom. The number of aromatic nitrogens is 6. The number of rotatable bonds is 7. The van der Waals surface area contributed by atoms with Crippen LogP contribution in [0.3, 0.4) is 0 Å². The number of alkyl halides is 2. The van der Waals surface area contributed by atoms with E-state index in [0.717, 1.165) is 4.57 Å². The zero-order valence-electron chi connectivity index (χ0n) is 16.2. The van der Waals surface area contributed by atoms with Gasteiger partial charge in [-0.05, 0) is 31.2 Å². The molecule has 1 amide bonds. The maximum absolute atomic E-state index is 13.4. The first-order valence-electron chi connectivity index (χ1n) is 9.16. The number of benzene rings is 1. The number of aromatic amines is 1. The molecule has 3 heterocycles. The van der Waals surface area contributed by atoms with Gasteiger partial charge in [0.1, 0.15) is 5.69 Å². The molecule has 10 nitrogen and oxygen atoms in total. The smallest absolute Gasteiger partial charge is 0.319 e. The van der Waals surface area contributed by atoms with Crippen LogP contribution in [0.1, 0.15) is 29.0 Å². The van der Waals surface area contributed by atoms with Gasteiger partial charge in [-0.2, -0.15) is 19.0 Å². The largest absolute Gasteiger partial charge is 0.481 e. The van der Waals surface area contributed by atoms with E-state index in [1.807, 2.05) is 0 Å². The number of carboxylic acids is 1. The number of nitrogens with one attached hydrogen (secondary N) is 1. The molecule has 0 radical (unpaired) electrons. The van der Waals surface area contributed by atoms with Crippen LogP contribution in [0.25, 0.3) is 33.8 Å². The number of carbonyl (C=O) groups is 2. The second-order valence-electron chi connectivity index (χ2n) is 6.87. The Morgan fingerprint density at radius 1 is 1.29 bits per heavy atom. The van der Waals surface area contributed by atoms with Crippen LogP contribution in [0.5, 0.6) is 0 Å². The van der Waals surface area contributed by atoms with E-state index in [-0.39, 0.29) is 29.9 Å². The molecule has 160 valence electrons. The molecule has 0 saturated heterocycles. The highest BCUT2D eigenvalue weighted by molar-refractivity contribution is 6.02. The van der Waals surface area contributed by atoms with Crippen molar-refractivity contribution in [3.05, 3.63) is 41.7 Å². The number of aliphatic carboxylic acids is 1. The predicted molar refractivity (Wildman–Crippen MR) is 105 cm³/mol. The average molecular weight is 429 g/mol. The van der Waals surface area contributed by atoms with Crippen molar-refractivity contribution in [1.29, 1.82) is 0 Å². The summed E-state index contributed by atoms with van der Waals surface area (Å²) in [6.45, 7) is -0.916. The first-order valence-corrected chi connectivity index (χ1v) is 9.16. The SMILES string of the molecule is Cc1cc(-c2nc(-c3cc(C(N)=O)cc4c3ccn4C(F)F)n[nH]2)n(CCC(=O)O)n1. The fourth-order valence-corrected chi connectivity index (χ4v) is 3.36. The van der Waals surface area contributed by atoms with E-state index in [1.54, 1.807) is 13.0 Å². The van der Waals surface area contributed by atoms with Gasteiger partial charge in [-0.3, -0.25) is 23.9 Å². The zero-order chi connectivity index (χ0) is 22.3. The van der Waals surface area contributed by atoms with Crippen LogP contribution in [-0.2, 0) is 11.3 Å². The normalized spacial score (nSPS) is 11.5. The van der Waals surface area contributed by atoms with Crippen molar-refractivity contribution in [1.82, 2.24) is 29.5 Å². The summed E-state index contributed by atoms with van der Waals surface area (Å²) in [4.78, 5) is 27.1. The van der Waals surface area contributed by atoms with Gasteiger partial charge in [0.25, 0.3) is 0 Å². The highest BCUT2D eigenvalue weighted by Crippen LogP contribution is 2.32. The van der Waals surface area contributed by atoms with Gasteiger partial charge in [0, 0.05) is 22.7 Å². The molecule has 0 fully saturated rings. The van der Waals surface area contributed by atoms with Crippen molar-refractivity contribution >= 4 is 22.8 Å². The van der Waals surface area contributed by atoms with Gasteiger partial charge in [-0.25, -0.2) is 4.98 Å². The number of halogens is 2. The first-order chi connectivity index (χ1) is 14.7. The molecule has 0 aliphatic carbocycles. The zero-order valence-corrected chi connectivity index (χ0v) is 16.2. The minimum absolute atomic E-state index is 0.0387. The van der Waals surface area contributed by atoms with Gasteiger partial charge < -0.3 is 10.8 Å². The third kappa shape index (κ3) is 3.74. The highest BCUT2D eigenvalue weighted by atomic mass is 19.3. The quantitative estimate of drug-likeness (QED) is 0.412. The Hall–Kier alpha value is -4.09. The number of carboxylic acid groups (broad SMARTS) is 1. The van der Waals surface area contributed by atoms with Gasteiger partial charge in [-0.1, -0.05) is 0 Å². The molecular formula is C19H17F2N7O3. The lowest BCUT2D eigenvalue weighted by atomic mass is 10.0. The monoisotopic (exact) mass is 429 g/mol. The lowest BCUT2D eigenvalue weighted by Gasteiger charge is -2.07. The van der Waals surface area contributed by atoms with Gasteiger partial charge in [0.2, 0.25) is 5.91 Å². The van der Waals surface area contributed by atoms with Crippen molar-refractivity contribution in [3.63, 3.8) is 0 Å². The second kappa shape index (κ2) is 7.63. The van der Waals surface area contributed by atoms with Crippen molar-refractivity contribution in [2.75, 3.05) is 0 Å². The lowest BCUT2D eigenvalue weighted by molar-refractivity contribution is -0.137. The topological polar surface area (TPSA) is 145 Å². The van der Waals surface area contributed by atoms with E-state index < -0.39 is 18.4 Å². The van der Waals surface area contributed by atoms with Crippen molar-refractivity contribution in [2.24, 2.45) is 5.73 Å². The molecule has 3 aromatic heterocycles. The number of hydrogen-bond acceptors (Lipinski definition) is 5. The summed E-state index contributed by atoms with van der Waals surface area (Å²) in [5.74, 6) is -1.26. The number of carbonyl (C=O) groups excluding carboxylic acids is 1. The molecule has 1 aromatic carbocycles. The van der Waals surface area contributed by atoms with Crippen LogP contribution < -0.4 is 5.73 Å². The summed E-state index contributed by atoms with van der Waals surface area (Å²) in [5, 5.41) is 20.6. The Bertz CT molecular complexity index is 1310. The Balaban J connectivity index is 1.81. The number of nitrogens with zero attached hydrogens (tertiary/aromatic N) is 5. The summed E-state index contributed by atoms with van der Waals surface area (Å²) in [6.07, 6.45) is 1.08. The molecule has 0 bridgehead atoms. The minimum Gasteiger partial charge on any atom is -0.481 e. The molecule has 0 spiro atoms. The fraction of sp³-hybridized carbons (Fsp3) is 0.211. The fourth-order valence-electron chi connectivity index (χ4n) is 3.36. The van der Waals surface area contributed by atoms with Gasteiger partial charge in [-0.15, -0.1) is 0 Å². The van der Waals surface area contributed by atoms with Crippen LogP contribution >= 0.6 is 0 Å². The predicted octanol–water partition coefficient (Wildman–Crippen LogP) is 2.57. The van der Waals surface area contributed by atoms with E-state index in [1.165, 1.54) is 29.1 Å². The molecule has 4 aromatic rings. The number of amides is 1. The molecule has 0 saturated carbocycles. The van der Waals surface area contributed by atoms with Gasteiger partial charge >= 0.3 is 12.5 Å². The molecule has 4 N–H and O–H groups in total. The van der Waals surface area contributed by atoms with Crippen LogP contribution in [0.4, 0.5) is 8.78 Å². The summed E-state index contributed by atoms with van der Waals surface area (Å²) in [5.41, 5.74) is 7.06. The average Bonchev–Trinajstić information content (AvgIpc) is 3.42. The van der Waals surface area contributed by atoms with E-state index in [0.29, 0.717) is 28.2 Å². The van der Waals surface area contributed by atoms with Crippen LogP contribution in [-0.4, -0.2) is 46.5 Å². The number of primary amides is 1. The number of nitrogens with two attached hydrogens (primary N) is 1. The van der Waals surface area contributed by atoms with Crippen LogP contribution in [0.15, 0.2) is 30.5 Å². The van der Waals surface area contributed by atoms with Gasteiger partial charge in [0.15, 0.2) is 11.6 Å². The highest BCUT2D eigenvalue weighted by Gasteiger charge is 2.20. The lowest BCUT2D eigenvalue weighted by Crippen LogP contribution is -2.11. The first kappa shape index (κ1) is 20.2. The molecule has 4 rings (SSSR count). The number of H-pyrrole nitrogens is 1. The molecule has 12 heteroatoms.